The standard InChI is InChI=1S/C5H7Cl3O2/c1-3(9)4(10-2)5(6,7)8/h4H,1-2H3. The van der Waals surface area contributed by atoms with E-state index >= 15 is 0 Å². The van der Waals surface area contributed by atoms with Gasteiger partial charge in [-0.25, -0.2) is 0 Å². The molecule has 0 heterocycles. The van der Waals surface area contributed by atoms with E-state index in [1.54, 1.807) is 0 Å². The second kappa shape index (κ2) is 3.77. The van der Waals surface area contributed by atoms with E-state index < -0.39 is 9.90 Å². The van der Waals surface area contributed by atoms with E-state index in [2.05, 4.69) is 4.74 Å². The predicted molar refractivity (Wildman–Crippen MR) is 41.8 cm³/mol. The van der Waals surface area contributed by atoms with Crippen molar-refractivity contribution in [2.45, 2.75) is 16.8 Å². The van der Waals surface area contributed by atoms with Crippen LogP contribution < -0.4 is 0 Å². The Balaban J connectivity index is 4.22. The monoisotopic (exact) mass is 204 g/mol. The number of hydrogen-bond donors (Lipinski definition) is 0. The van der Waals surface area contributed by atoms with Crippen LogP contribution in [0, 0.1) is 0 Å². The minimum atomic E-state index is -1.67. The molecule has 1 unspecified atom stereocenters. The quantitative estimate of drug-likeness (QED) is 0.644. The maximum Gasteiger partial charge on any atom is 0.223 e. The molecule has 0 aromatic heterocycles. The molecule has 10 heavy (non-hydrogen) atoms. The fourth-order valence-corrected chi connectivity index (χ4v) is 1.26. The number of carbonyl (C=O) groups is 1. The van der Waals surface area contributed by atoms with Gasteiger partial charge < -0.3 is 4.74 Å². The number of ether oxygens (including phenoxy) is 1. The van der Waals surface area contributed by atoms with Crippen LogP contribution in [0.15, 0.2) is 0 Å². The second-order valence-corrected chi connectivity index (χ2v) is 4.14. The molecule has 0 N–H and O–H groups in total. The van der Waals surface area contributed by atoms with Gasteiger partial charge in [-0.3, -0.25) is 4.79 Å². The topological polar surface area (TPSA) is 26.3 Å². The van der Waals surface area contributed by atoms with Crippen molar-refractivity contribution in [3.63, 3.8) is 0 Å². The van der Waals surface area contributed by atoms with Gasteiger partial charge in [0.25, 0.3) is 0 Å². The lowest BCUT2D eigenvalue weighted by Gasteiger charge is -2.19. The smallest absolute Gasteiger partial charge is 0.223 e. The number of hydrogen-bond acceptors (Lipinski definition) is 2. The molecular formula is C5H7Cl3O2. The highest BCUT2D eigenvalue weighted by atomic mass is 35.6. The molecule has 0 rings (SSSR count). The fourth-order valence-electron chi connectivity index (χ4n) is 0.530. The van der Waals surface area contributed by atoms with Crippen molar-refractivity contribution in [3.05, 3.63) is 0 Å². The van der Waals surface area contributed by atoms with Crippen LogP contribution in [0.25, 0.3) is 0 Å². The van der Waals surface area contributed by atoms with Gasteiger partial charge in [0.2, 0.25) is 3.79 Å². The van der Waals surface area contributed by atoms with Crippen LogP contribution in [-0.2, 0) is 9.53 Å². The molecule has 5 heteroatoms. The molecule has 0 saturated heterocycles. The molecule has 1 atom stereocenters. The summed E-state index contributed by atoms with van der Waals surface area (Å²) in [5.74, 6) is -0.303. The normalized spacial score (nSPS) is 14.9. The zero-order chi connectivity index (χ0) is 8.36. The van der Waals surface area contributed by atoms with Crippen LogP contribution in [-0.4, -0.2) is 22.8 Å². The Kier molecular flexibility index (Phi) is 3.95. The number of halogens is 3. The molecule has 60 valence electrons. The summed E-state index contributed by atoms with van der Waals surface area (Å²) >= 11 is 16.1. The molecular weight excluding hydrogens is 198 g/mol. The summed E-state index contributed by atoms with van der Waals surface area (Å²) in [5.41, 5.74) is 0. The van der Waals surface area contributed by atoms with Crippen molar-refractivity contribution in [2.75, 3.05) is 7.11 Å². The van der Waals surface area contributed by atoms with Gasteiger partial charge in [-0.15, -0.1) is 0 Å². The van der Waals surface area contributed by atoms with Gasteiger partial charge in [0, 0.05) is 7.11 Å². The van der Waals surface area contributed by atoms with E-state index in [0.717, 1.165) is 0 Å². The maximum absolute atomic E-state index is 10.6. The molecule has 0 saturated carbocycles. The van der Waals surface area contributed by atoms with Gasteiger partial charge in [0.1, 0.15) is 0 Å². The van der Waals surface area contributed by atoms with Gasteiger partial charge in [-0.1, -0.05) is 34.8 Å². The lowest BCUT2D eigenvalue weighted by atomic mass is 10.3. The van der Waals surface area contributed by atoms with Crippen LogP contribution in [0.4, 0.5) is 0 Å². The number of ketones is 1. The molecule has 0 aliphatic rings. The molecule has 0 amide bonds. The SMILES string of the molecule is COC(C(C)=O)C(Cl)(Cl)Cl. The molecule has 0 bridgehead atoms. The summed E-state index contributed by atoms with van der Waals surface area (Å²) in [4.78, 5) is 10.6. The largest absolute Gasteiger partial charge is 0.369 e. The maximum atomic E-state index is 10.6. The van der Waals surface area contributed by atoms with E-state index in [4.69, 9.17) is 34.8 Å². The number of carbonyl (C=O) groups excluding carboxylic acids is 1. The van der Waals surface area contributed by atoms with Crippen molar-refractivity contribution in [2.24, 2.45) is 0 Å². The zero-order valence-electron chi connectivity index (χ0n) is 5.53. The highest BCUT2D eigenvalue weighted by molar-refractivity contribution is 6.68. The summed E-state index contributed by atoms with van der Waals surface area (Å²) in [6.45, 7) is 1.30. The fraction of sp³-hybridized carbons (Fsp3) is 0.800. The summed E-state index contributed by atoms with van der Waals surface area (Å²) in [5, 5.41) is 0. The highest BCUT2D eigenvalue weighted by Crippen LogP contribution is 2.32. The Bertz CT molecular complexity index is 129. The van der Waals surface area contributed by atoms with Crippen molar-refractivity contribution >= 4 is 40.6 Å². The number of rotatable bonds is 2. The zero-order valence-corrected chi connectivity index (χ0v) is 7.80. The van der Waals surface area contributed by atoms with Gasteiger partial charge in [-0.2, -0.15) is 0 Å². The van der Waals surface area contributed by atoms with Crippen LogP contribution in [0.1, 0.15) is 6.92 Å². The van der Waals surface area contributed by atoms with Gasteiger partial charge in [0.15, 0.2) is 11.9 Å². The minimum absolute atomic E-state index is 0.303. The molecule has 0 aliphatic heterocycles. The Morgan fingerprint density at radius 2 is 1.90 bits per heavy atom. The van der Waals surface area contributed by atoms with E-state index in [1.807, 2.05) is 0 Å². The van der Waals surface area contributed by atoms with Crippen LogP contribution in [0.3, 0.4) is 0 Å². The number of alkyl halides is 3. The first-order valence-electron chi connectivity index (χ1n) is 2.49. The second-order valence-electron chi connectivity index (χ2n) is 1.77. The predicted octanol–water partition coefficient (Wildman–Crippen LogP) is 1.96. The third-order valence-corrected chi connectivity index (χ3v) is 1.50. The van der Waals surface area contributed by atoms with Gasteiger partial charge >= 0.3 is 0 Å². The molecule has 0 aliphatic carbocycles. The first-order chi connectivity index (χ1) is 4.39. The minimum Gasteiger partial charge on any atom is -0.369 e. The lowest BCUT2D eigenvalue weighted by Crippen LogP contribution is -2.34. The van der Waals surface area contributed by atoms with Gasteiger partial charge in [-0.05, 0) is 6.92 Å². The van der Waals surface area contributed by atoms with Gasteiger partial charge in [0.05, 0.1) is 0 Å². The third kappa shape index (κ3) is 3.06. The molecule has 0 radical (unpaired) electrons. The molecule has 0 fully saturated rings. The Labute approximate surface area is 74.4 Å². The number of methoxy groups -OCH3 is 1. The highest BCUT2D eigenvalue weighted by Gasteiger charge is 2.36. The summed E-state index contributed by atoms with van der Waals surface area (Å²) in [6.07, 6.45) is -0.975. The van der Waals surface area contributed by atoms with Crippen molar-refractivity contribution in [1.29, 1.82) is 0 Å². The van der Waals surface area contributed by atoms with Crippen molar-refractivity contribution in [1.82, 2.24) is 0 Å². The average Bonchev–Trinajstić information content (AvgIpc) is 1.60. The van der Waals surface area contributed by atoms with E-state index in [1.165, 1.54) is 14.0 Å². The lowest BCUT2D eigenvalue weighted by molar-refractivity contribution is -0.126. The van der Waals surface area contributed by atoms with E-state index in [-0.39, 0.29) is 5.78 Å². The van der Waals surface area contributed by atoms with Crippen LogP contribution >= 0.6 is 34.8 Å². The van der Waals surface area contributed by atoms with Crippen LogP contribution in [0.5, 0.6) is 0 Å². The Morgan fingerprint density at radius 1 is 1.50 bits per heavy atom. The molecule has 0 aromatic rings. The first-order valence-corrected chi connectivity index (χ1v) is 3.63. The van der Waals surface area contributed by atoms with E-state index in [0.29, 0.717) is 0 Å². The first kappa shape index (κ1) is 10.5. The van der Waals surface area contributed by atoms with Crippen molar-refractivity contribution in [3.8, 4) is 0 Å². The summed E-state index contributed by atoms with van der Waals surface area (Å²) in [7, 11) is 1.31. The van der Waals surface area contributed by atoms with E-state index in [9.17, 15) is 4.79 Å². The average molecular weight is 205 g/mol. The summed E-state index contributed by atoms with van der Waals surface area (Å²) in [6, 6.07) is 0. The molecule has 0 spiro atoms. The Morgan fingerprint density at radius 3 is 1.90 bits per heavy atom. The van der Waals surface area contributed by atoms with Crippen molar-refractivity contribution < 1.29 is 9.53 Å². The third-order valence-electron chi connectivity index (χ3n) is 0.902. The number of Topliss-reactive ketones (excluding diaryl/α,β-unsaturated/α-hetero) is 1. The molecule has 2 nitrogen and oxygen atoms in total. The van der Waals surface area contributed by atoms with Crippen LogP contribution in [0.2, 0.25) is 0 Å². The summed E-state index contributed by atoms with van der Waals surface area (Å²) < 4.78 is 2.96. The molecule has 0 aromatic carbocycles. The Hall–Kier alpha value is 0.500.